The lowest BCUT2D eigenvalue weighted by Gasteiger charge is -2.25. The summed E-state index contributed by atoms with van der Waals surface area (Å²) >= 11 is 3.20. The molecule has 3 N–H and O–H groups in total. The van der Waals surface area contributed by atoms with E-state index in [4.69, 9.17) is 5.14 Å². The maximum Gasteiger partial charge on any atom is 0.251 e. The summed E-state index contributed by atoms with van der Waals surface area (Å²) in [6.07, 6.45) is 4.73. The molecule has 0 spiro atoms. The zero-order chi connectivity index (χ0) is 15.6. The van der Waals surface area contributed by atoms with Gasteiger partial charge < -0.3 is 5.32 Å². The summed E-state index contributed by atoms with van der Waals surface area (Å²) in [5.74, 6) is 0.451. The van der Waals surface area contributed by atoms with E-state index in [0.29, 0.717) is 22.1 Å². The van der Waals surface area contributed by atoms with Gasteiger partial charge in [0.05, 0.1) is 4.90 Å². The fraction of sp³-hybridized carbons (Fsp3) is 0.500. The van der Waals surface area contributed by atoms with E-state index in [9.17, 15) is 13.2 Å². The Bertz CT molecular complexity index is 654. The molecule has 1 fully saturated rings. The van der Waals surface area contributed by atoms with Crippen LogP contribution in [0.3, 0.4) is 0 Å². The van der Waals surface area contributed by atoms with Gasteiger partial charge in [0.25, 0.3) is 5.91 Å². The molecular formula is C14H19BrN2O3S. The van der Waals surface area contributed by atoms with E-state index in [2.05, 4.69) is 21.2 Å². The average molecular weight is 375 g/mol. The number of hydrogen-bond acceptors (Lipinski definition) is 3. The van der Waals surface area contributed by atoms with Crippen molar-refractivity contribution in [1.82, 2.24) is 5.32 Å². The van der Waals surface area contributed by atoms with Crippen LogP contribution in [0, 0.1) is 12.8 Å². The molecule has 1 amide bonds. The third kappa shape index (κ3) is 4.05. The summed E-state index contributed by atoms with van der Waals surface area (Å²) in [6, 6.07) is 2.96. The molecule has 0 radical (unpaired) electrons. The number of nitrogens with two attached hydrogens (primary N) is 1. The third-order valence-corrected chi connectivity index (χ3v) is 6.10. The lowest BCUT2D eigenvalue weighted by atomic mass is 9.83. The number of carbonyl (C=O) groups excluding carboxylic acids is 1. The number of aryl methyl sites for hydroxylation is 1. The molecule has 0 saturated heterocycles. The third-order valence-electron chi connectivity index (χ3n) is 3.85. The van der Waals surface area contributed by atoms with Crippen molar-refractivity contribution in [3.63, 3.8) is 0 Å². The van der Waals surface area contributed by atoms with Gasteiger partial charge in [-0.25, -0.2) is 13.6 Å². The summed E-state index contributed by atoms with van der Waals surface area (Å²) in [5.41, 5.74) is 0.971. The molecule has 1 aliphatic carbocycles. The molecular weight excluding hydrogens is 356 g/mol. The van der Waals surface area contributed by atoms with Gasteiger partial charge in [-0.2, -0.15) is 0 Å². The van der Waals surface area contributed by atoms with Crippen LogP contribution in [0.2, 0.25) is 0 Å². The van der Waals surface area contributed by atoms with Crippen LogP contribution in [0.15, 0.2) is 21.5 Å². The Morgan fingerprint density at radius 2 is 2.10 bits per heavy atom. The van der Waals surface area contributed by atoms with Crippen molar-refractivity contribution in [3.8, 4) is 0 Å². The molecule has 5 nitrogen and oxygen atoms in total. The second kappa shape index (κ2) is 6.46. The van der Waals surface area contributed by atoms with E-state index < -0.39 is 10.0 Å². The molecule has 2 rings (SSSR count). The fourth-order valence-electron chi connectivity index (χ4n) is 2.35. The van der Waals surface area contributed by atoms with Crippen LogP contribution in [0.4, 0.5) is 0 Å². The van der Waals surface area contributed by atoms with E-state index in [1.807, 2.05) is 0 Å². The Balaban J connectivity index is 2.11. The van der Waals surface area contributed by atoms with E-state index in [-0.39, 0.29) is 10.8 Å². The van der Waals surface area contributed by atoms with E-state index >= 15 is 0 Å². The van der Waals surface area contributed by atoms with Gasteiger partial charge in [0, 0.05) is 16.6 Å². The van der Waals surface area contributed by atoms with E-state index in [1.165, 1.54) is 25.3 Å². The Morgan fingerprint density at radius 3 is 2.62 bits per heavy atom. The molecule has 0 bridgehead atoms. The maximum absolute atomic E-state index is 12.1. The zero-order valence-corrected chi connectivity index (χ0v) is 14.3. The van der Waals surface area contributed by atoms with Crippen LogP contribution in [-0.4, -0.2) is 20.9 Å². The van der Waals surface area contributed by atoms with Crippen molar-refractivity contribution < 1.29 is 13.2 Å². The number of primary sulfonamides is 1. The van der Waals surface area contributed by atoms with Crippen molar-refractivity contribution >= 4 is 31.9 Å². The number of hydrogen-bond donors (Lipinski definition) is 2. The highest BCUT2D eigenvalue weighted by Crippen LogP contribution is 2.29. The van der Waals surface area contributed by atoms with E-state index in [0.717, 1.165) is 12.3 Å². The maximum atomic E-state index is 12.1. The van der Waals surface area contributed by atoms with Gasteiger partial charge in [0.15, 0.2) is 0 Å². The van der Waals surface area contributed by atoms with Crippen LogP contribution >= 0.6 is 15.9 Å². The first kappa shape index (κ1) is 16.5. The monoisotopic (exact) mass is 374 g/mol. The predicted octanol–water partition coefficient (Wildman–Crippen LogP) is 2.32. The molecule has 1 saturated carbocycles. The number of nitrogens with one attached hydrogen (secondary N) is 1. The Kier molecular flexibility index (Phi) is 5.06. The average Bonchev–Trinajstić information content (AvgIpc) is 2.33. The smallest absolute Gasteiger partial charge is 0.251 e. The van der Waals surface area contributed by atoms with E-state index in [1.54, 1.807) is 13.0 Å². The molecule has 21 heavy (non-hydrogen) atoms. The van der Waals surface area contributed by atoms with Crippen LogP contribution in [0.25, 0.3) is 0 Å². The van der Waals surface area contributed by atoms with Crippen molar-refractivity contribution in [2.45, 2.75) is 37.5 Å². The highest BCUT2D eigenvalue weighted by Gasteiger charge is 2.20. The molecule has 0 atom stereocenters. The van der Waals surface area contributed by atoms with Crippen LogP contribution in [0.5, 0.6) is 0 Å². The Morgan fingerprint density at radius 1 is 1.43 bits per heavy atom. The molecule has 0 aromatic heterocycles. The first-order valence-electron chi connectivity index (χ1n) is 6.90. The summed E-state index contributed by atoms with van der Waals surface area (Å²) in [4.78, 5) is 12.0. The Hall–Kier alpha value is -0.920. The standard InChI is InChI=1S/C14H19BrN2O3S/c1-9-7-11(8-12(13(9)15)21(16,19)20)14(18)17-6-5-10-3-2-4-10/h7-8,10H,2-6H2,1H3,(H,17,18)(H2,16,19,20). The minimum Gasteiger partial charge on any atom is -0.352 e. The summed E-state index contributed by atoms with van der Waals surface area (Å²) < 4.78 is 23.5. The zero-order valence-electron chi connectivity index (χ0n) is 11.9. The second-order valence-electron chi connectivity index (χ2n) is 5.49. The lowest BCUT2D eigenvalue weighted by Crippen LogP contribution is -2.27. The minimum atomic E-state index is -3.87. The summed E-state index contributed by atoms with van der Waals surface area (Å²) in [6.45, 7) is 2.34. The number of benzene rings is 1. The fourth-order valence-corrected chi connectivity index (χ4v) is 3.96. The van der Waals surface area contributed by atoms with Crippen LogP contribution in [0.1, 0.15) is 41.6 Å². The predicted molar refractivity (Wildman–Crippen MR) is 84.5 cm³/mol. The number of sulfonamides is 1. The number of rotatable bonds is 5. The van der Waals surface area contributed by atoms with Crippen LogP contribution in [-0.2, 0) is 10.0 Å². The van der Waals surface area contributed by atoms with Gasteiger partial charge in [-0.05, 0) is 52.9 Å². The normalized spacial score (nSPS) is 15.6. The molecule has 1 aromatic rings. The van der Waals surface area contributed by atoms with Crippen molar-refractivity contribution in [2.24, 2.45) is 11.1 Å². The second-order valence-corrected chi connectivity index (χ2v) is 7.81. The Labute approximate surface area is 133 Å². The molecule has 1 aromatic carbocycles. The van der Waals surface area contributed by atoms with Gasteiger partial charge in [-0.1, -0.05) is 19.3 Å². The van der Waals surface area contributed by atoms with Gasteiger partial charge >= 0.3 is 0 Å². The largest absolute Gasteiger partial charge is 0.352 e. The molecule has 1 aliphatic rings. The summed E-state index contributed by atoms with van der Waals surface area (Å²) in [5, 5.41) is 8.01. The topological polar surface area (TPSA) is 89.3 Å². The first-order valence-corrected chi connectivity index (χ1v) is 9.24. The number of carbonyl (C=O) groups is 1. The highest BCUT2D eigenvalue weighted by molar-refractivity contribution is 9.10. The first-order chi connectivity index (χ1) is 9.79. The SMILES string of the molecule is Cc1cc(C(=O)NCCC2CCC2)cc(S(N)(=O)=O)c1Br. The van der Waals surface area contributed by atoms with Crippen molar-refractivity contribution in [3.05, 3.63) is 27.7 Å². The van der Waals surface area contributed by atoms with Crippen molar-refractivity contribution in [1.29, 1.82) is 0 Å². The number of amides is 1. The van der Waals surface area contributed by atoms with Gasteiger partial charge in [-0.3, -0.25) is 4.79 Å². The van der Waals surface area contributed by atoms with Crippen LogP contribution < -0.4 is 10.5 Å². The molecule has 116 valence electrons. The summed E-state index contributed by atoms with van der Waals surface area (Å²) in [7, 11) is -3.87. The highest BCUT2D eigenvalue weighted by atomic mass is 79.9. The molecule has 0 aliphatic heterocycles. The van der Waals surface area contributed by atoms with Gasteiger partial charge in [-0.15, -0.1) is 0 Å². The van der Waals surface area contributed by atoms with Gasteiger partial charge in [0.1, 0.15) is 0 Å². The number of halogens is 1. The molecule has 0 heterocycles. The minimum absolute atomic E-state index is 0.0633. The molecule has 0 unspecified atom stereocenters. The molecule has 7 heteroatoms. The van der Waals surface area contributed by atoms with Crippen molar-refractivity contribution in [2.75, 3.05) is 6.54 Å². The quantitative estimate of drug-likeness (QED) is 0.828. The lowest BCUT2D eigenvalue weighted by molar-refractivity contribution is 0.0948. The van der Waals surface area contributed by atoms with Gasteiger partial charge in [0.2, 0.25) is 10.0 Å².